The molecule has 1 aromatic rings. The van der Waals surface area contributed by atoms with Crippen LogP contribution in [0.4, 0.5) is 0 Å². The van der Waals surface area contributed by atoms with Crippen molar-refractivity contribution in [1.29, 1.82) is 0 Å². The summed E-state index contributed by atoms with van der Waals surface area (Å²) in [5.41, 5.74) is 0.322. The molecule has 5 heteroatoms. The lowest BCUT2D eigenvalue weighted by atomic mass is 10.2. The fourth-order valence-electron chi connectivity index (χ4n) is 2.29. The van der Waals surface area contributed by atoms with Crippen LogP contribution >= 0.6 is 0 Å². The summed E-state index contributed by atoms with van der Waals surface area (Å²) in [6.07, 6.45) is 2.59. The molecule has 1 heterocycles. The largest absolute Gasteiger partial charge is 0.339 e. The molecule has 1 aromatic heterocycles. The van der Waals surface area contributed by atoms with E-state index in [1.165, 1.54) is 10.6 Å². The number of carbonyl (C=O) groups excluding carboxylic acids is 1. The number of carbonyl (C=O) groups is 1. The summed E-state index contributed by atoms with van der Waals surface area (Å²) in [6, 6.07) is 3.12. The number of hydrogen-bond donors (Lipinski definition) is 0. The van der Waals surface area contributed by atoms with Gasteiger partial charge in [0.15, 0.2) is 0 Å². The summed E-state index contributed by atoms with van der Waals surface area (Å²) >= 11 is 0. The maximum atomic E-state index is 12.4. The first-order valence-corrected chi connectivity index (χ1v) is 7.71. The number of aromatic nitrogens is 1. The van der Waals surface area contributed by atoms with E-state index in [0.29, 0.717) is 12.1 Å². The van der Waals surface area contributed by atoms with Gasteiger partial charge in [-0.3, -0.25) is 9.59 Å². The van der Waals surface area contributed by atoms with E-state index in [1.54, 1.807) is 24.2 Å². The summed E-state index contributed by atoms with van der Waals surface area (Å²) in [6.45, 7) is 10.7. The molecule has 1 rings (SSSR count). The molecule has 0 aliphatic rings. The molecular weight excluding hydrogens is 266 g/mol. The lowest BCUT2D eigenvalue weighted by molar-refractivity contribution is 0.0757. The van der Waals surface area contributed by atoms with Crippen molar-refractivity contribution in [3.63, 3.8) is 0 Å². The fraction of sp³-hybridized carbons (Fsp3) is 0.625. The van der Waals surface area contributed by atoms with Crippen molar-refractivity contribution in [3.8, 4) is 0 Å². The zero-order valence-corrected chi connectivity index (χ0v) is 13.6. The van der Waals surface area contributed by atoms with Crippen LogP contribution in [0.15, 0.2) is 23.1 Å². The zero-order valence-electron chi connectivity index (χ0n) is 13.6. The van der Waals surface area contributed by atoms with Crippen molar-refractivity contribution in [1.82, 2.24) is 14.4 Å². The van der Waals surface area contributed by atoms with Gasteiger partial charge in [0.05, 0.1) is 0 Å². The lowest BCUT2D eigenvalue weighted by Gasteiger charge is -2.23. The third-order valence-electron chi connectivity index (χ3n) is 3.82. The molecule has 0 saturated carbocycles. The Hall–Kier alpha value is -1.62. The zero-order chi connectivity index (χ0) is 15.8. The van der Waals surface area contributed by atoms with E-state index in [0.717, 1.165) is 32.6 Å². The summed E-state index contributed by atoms with van der Waals surface area (Å²) in [5.74, 6) is -0.0604. The number of amides is 1. The van der Waals surface area contributed by atoms with Crippen molar-refractivity contribution < 1.29 is 4.79 Å². The molecule has 0 unspecified atom stereocenters. The van der Waals surface area contributed by atoms with Gasteiger partial charge in [0.25, 0.3) is 11.5 Å². The molecule has 0 atom stereocenters. The molecular formula is C16H27N3O2. The van der Waals surface area contributed by atoms with Gasteiger partial charge in [-0.15, -0.1) is 0 Å². The Morgan fingerprint density at radius 3 is 2.33 bits per heavy atom. The lowest BCUT2D eigenvalue weighted by Crippen LogP contribution is -2.35. The monoisotopic (exact) mass is 293 g/mol. The summed E-state index contributed by atoms with van der Waals surface area (Å²) in [4.78, 5) is 28.2. The Morgan fingerprint density at radius 2 is 1.81 bits per heavy atom. The first kappa shape index (κ1) is 17.4. The summed E-state index contributed by atoms with van der Waals surface area (Å²) in [5, 5.41) is 0. The van der Waals surface area contributed by atoms with Crippen LogP contribution in [0.2, 0.25) is 0 Å². The number of nitrogens with zero attached hydrogens (tertiary/aromatic N) is 3. The minimum Gasteiger partial charge on any atom is -0.339 e. The topological polar surface area (TPSA) is 45.5 Å². The highest BCUT2D eigenvalue weighted by molar-refractivity contribution is 5.94. The predicted octanol–water partition coefficient (Wildman–Crippen LogP) is 1.58. The third kappa shape index (κ3) is 5.01. The predicted molar refractivity (Wildman–Crippen MR) is 85.7 cm³/mol. The highest BCUT2D eigenvalue weighted by atomic mass is 16.2. The van der Waals surface area contributed by atoms with E-state index in [9.17, 15) is 9.59 Å². The van der Waals surface area contributed by atoms with Crippen molar-refractivity contribution in [2.24, 2.45) is 7.05 Å². The maximum absolute atomic E-state index is 12.4. The number of rotatable bonds is 8. The van der Waals surface area contributed by atoms with Crippen LogP contribution in [-0.4, -0.2) is 53.0 Å². The van der Waals surface area contributed by atoms with Crippen LogP contribution in [0, 0.1) is 0 Å². The maximum Gasteiger partial charge on any atom is 0.254 e. The minimum atomic E-state index is -0.153. The Morgan fingerprint density at radius 1 is 1.14 bits per heavy atom. The van der Waals surface area contributed by atoms with Gasteiger partial charge in [0.1, 0.15) is 0 Å². The van der Waals surface area contributed by atoms with Gasteiger partial charge >= 0.3 is 0 Å². The van der Waals surface area contributed by atoms with E-state index in [4.69, 9.17) is 0 Å². The first-order chi connectivity index (χ1) is 10.0. The molecule has 0 bridgehead atoms. The normalized spacial score (nSPS) is 10.9. The number of aryl methyl sites for hydroxylation is 1. The highest BCUT2D eigenvalue weighted by Gasteiger charge is 2.14. The number of pyridine rings is 1. The second-order valence-corrected chi connectivity index (χ2v) is 5.13. The molecule has 0 fully saturated rings. The smallest absolute Gasteiger partial charge is 0.254 e. The Bertz CT molecular complexity index is 506. The first-order valence-electron chi connectivity index (χ1n) is 7.71. The standard InChI is InChI=1S/C16H27N3O2/c1-5-18(6-2)10-8-11-19(7-3)16(21)14-9-12-17(4)15(20)13-14/h9,12-13H,5-8,10-11H2,1-4H3. The summed E-state index contributed by atoms with van der Waals surface area (Å²) < 4.78 is 1.47. The van der Waals surface area contributed by atoms with E-state index >= 15 is 0 Å². The molecule has 0 aliphatic carbocycles. The van der Waals surface area contributed by atoms with Crippen LogP contribution in [-0.2, 0) is 7.05 Å². The molecule has 5 nitrogen and oxygen atoms in total. The number of hydrogen-bond acceptors (Lipinski definition) is 3. The average Bonchev–Trinajstić information content (AvgIpc) is 2.50. The molecule has 118 valence electrons. The Balaban J connectivity index is 2.64. The van der Waals surface area contributed by atoms with Crippen molar-refractivity contribution in [2.45, 2.75) is 27.2 Å². The fourth-order valence-corrected chi connectivity index (χ4v) is 2.29. The van der Waals surface area contributed by atoms with E-state index in [2.05, 4.69) is 18.7 Å². The Labute approximate surface area is 127 Å². The Kier molecular flexibility index (Phi) is 7.15. The minimum absolute atomic E-state index is 0.0604. The van der Waals surface area contributed by atoms with Crippen LogP contribution in [0.25, 0.3) is 0 Å². The molecule has 0 aromatic carbocycles. The van der Waals surface area contributed by atoms with Crippen molar-refractivity contribution in [2.75, 3.05) is 32.7 Å². The quantitative estimate of drug-likeness (QED) is 0.731. The van der Waals surface area contributed by atoms with Gasteiger partial charge < -0.3 is 14.4 Å². The van der Waals surface area contributed by atoms with Crippen LogP contribution in [0.1, 0.15) is 37.6 Å². The molecule has 0 aliphatic heterocycles. The van der Waals surface area contributed by atoms with Crippen LogP contribution in [0.5, 0.6) is 0 Å². The van der Waals surface area contributed by atoms with E-state index in [1.807, 2.05) is 6.92 Å². The van der Waals surface area contributed by atoms with E-state index in [-0.39, 0.29) is 11.5 Å². The van der Waals surface area contributed by atoms with Gasteiger partial charge in [0.2, 0.25) is 0 Å². The molecule has 1 amide bonds. The van der Waals surface area contributed by atoms with E-state index < -0.39 is 0 Å². The molecule has 0 N–H and O–H groups in total. The van der Waals surface area contributed by atoms with Gasteiger partial charge in [-0.05, 0) is 39.0 Å². The highest BCUT2D eigenvalue weighted by Crippen LogP contribution is 2.04. The van der Waals surface area contributed by atoms with Gasteiger partial charge in [-0.1, -0.05) is 13.8 Å². The van der Waals surface area contributed by atoms with Crippen LogP contribution in [0.3, 0.4) is 0 Å². The van der Waals surface area contributed by atoms with Crippen molar-refractivity contribution >= 4 is 5.91 Å². The molecule has 0 spiro atoms. The second kappa shape index (κ2) is 8.62. The molecule has 0 saturated heterocycles. The van der Waals surface area contributed by atoms with Crippen molar-refractivity contribution in [3.05, 3.63) is 34.2 Å². The second-order valence-electron chi connectivity index (χ2n) is 5.13. The van der Waals surface area contributed by atoms with Gasteiger partial charge in [-0.25, -0.2) is 0 Å². The average molecular weight is 293 g/mol. The van der Waals surface area contributed by atoms with Crippen LogP contribution < -0.4 is 5.56 Å². The SMILES string of the molecule is CCN(CC)CCCN(CC)C(=O)c1ccn(C)c(=O)c1. The molecule has 0 radical (unpaired) electrons. The third-order valence-corrected chi connectivity index (χ3v) is 3.82. The summed E-state index contributed by atoms with van der Waals surface area (Å²) in [7, 11) is 1.68. The van der Waals surface area contributed by atoms with Gasteiger partial charge in [0, 0.05) is 38.0 Å². The van der Waals surface area contributed by atoms with Gasteiger partial charge in [-0.2, -0.15) is 0 Å². The molecule has 21 heavy (non-hydrogen) atoms.